The van der Waals surface area contributed by atoms with Crippen LogP contribution in [0.5, 0.6) is 5.88 Å². The largest absolute Gasteiger partial charge is 0.477 e. The van der Waals surface area contributed by atoms with Crippen LogP contribution in [0.4, 0.5) is 10.1 Å². The zero-order valence-corrected chi connectivity index (χ0v) is 17.7. The van der Waals surface area contributed by atoms with Crippen LogP contribution in [0.25, 0.3) is 11.0 Å². The molecule has 9 nitrogen and oxygen atoms in total. The van der Waals surface area contributed by atoms with Gasteiger partial charge < -0.3 is 19.9 Å². The number of benzene rings is 1. The van der Waals surface area contributed by atoms with Gasteiger partial charge in [-0.3, -0.25) is 14.5 Å². The topological polar surface area (TPSA) is 103 Å². The average molecular weight is 443 g/mol. The number of aromatic amines is 1. The number of nitrogens with one attached hydrogen (secondary N) is 2. The van der Waals surface area contributed by atoms with E-state index in [4.69, 9.17) is 8.85 Å². The summed E-state index contributed by atoms with van der Waals surface area (Å²) in [6, 6.07) is 6.57. The van der Waals surface area contributed by atoms with Crippen LogP contribution in [0.15, 0.2) is 29.1 Å². The molecule has 0 saturated carbocycles. The molecule has 0 spiro atoms. The first-order valence-electron chi connectivity index (χ1n) is 11.6. The molecule has 0 unspecified atom stereocenters. The number of amides is 1. The molecule has 1 fully saturated rings. The molecule has 1 aliphatic heterocycles. The first-order chi connectivity index (χ1) is 16.6. The van der Waals surface area contributed by atoms with E-state index in [1.165, 1.54) is 13.2 Å². The number of H-pyrrole nitrogens is 1. The predicted molar refractivity (Wildman–Crippen MR) is 119 cm³/mol. The van der Waals surface area contributed by atoms with E-state index in [0.717, 1.165) is 5.69 Å². The second-order valence-electron chi connectivity index (χ2n) is 7.53. The summed E-state index contributed by atoms with van der Waals surface area (Å²) in [5.41, 5.74) is 1.74. The van der Waals surface area contributed by atoms with Gasteiger partial charge in [0, 0.05) is 49.4 Å². The number of rotatable bonds is 5. The number of methoxy groups -OCH3 is 1. The van der Waals surface area contributed by atoms with Crippen LogP contribution in [0, 0.1) is 12.7 Å². The highest BCUT2D eigenvalue weighted by atomic mass is 19.1. The zero-order chi connectivity index (χ0) is 25.3. The summed E-state index contributed by atoms with van der Waals surface area (Å²) >= 11 is 0. The quantitative estimate of drug-likeness (QED) is 0.615. The number of anilines is 1. The van der Waals surface area contributed by atoms with Gasteiger partial charge >= 0.3 is 5.56 Å². The number of carbonyl (C=O) groups is 1. The Balaban J connectivity index is 1.42. The van der Waals surface area contributed by atoms with E-state index < -0.39 is 24.3 Å². The molecule has 3 heterocycles. The van der Waals surface area contributed by atoms with Crippen molar-refractivity contribution in [2.45, 2.75) is 13.5 Å². The van der Waals surface area contributed by atoms with E-state index in [1.807, 2.05) is 5.32 Å². The first kappa shape index (κ1) is 18.1. The summed E-state index contributed by atoms with van der Waals surface area (Å²) in [5.74, 6) is -1.38. The SMILES string of the molecule is [2H]C([2H])([2H])NC(=O)c1ccc(N2CCN(Cc3ccc4nc(OC)c(=O)[nH]c4c3F)CC2)c(C)n1. The lowest BCUT2D eigenvalue weighted by Crippen LogP contribution is -2.46. The smallest absolute Gasteiger partial charge is 0.311 e. The van der Waals surface area contributed by atoms with E-state index in [0.29, 0.717) is 49.5 Å². The molecular weight excluding hydrogens is 415 g/mol. The number of carbonyl (C=O) groups excluding carboxylic acids is 1. The van der Waals surface area contributed by atoms with Crippen molar-refractivity contribution >= 4 is 22.6 Å². The number of piperazine rings is 1. The third kappa shape index (κ3) is 4.13. The van der Waals surface area contributed by atoms with Crippen LogP contribution >= 0.6 is 0 Å². The van der Waals surface area contributed by atoms with E-state index >= 15 is 4.39 Å². The minimum absolute atomic E-state index is 0.0398. The summed E-state index contributed by atoms with van der Waals surface area (Å²) in [6.07, 6.45) is 0. The molecule has 10 heteroatoms. The summed E-state index contributed by atoms with van der Waals surface area (Å²) in [6.45, 7) is 2.20. The number of pyridine rings is 1. The van der Waals surface area contributed by atoms with Crippen molar-refractivity contribution in [1.29, 1.82) is 0 Å². The minimum Gasteiger partial charge on any atom is -0.477 e. The molecule has 4 rings (SSSR count). The number of aryl methyl sites for hydroxylation is 1. The van der Waals surface area contributed by atoms with Crippen molar-refractivity contribution in [2.75, 3.05) is 45.2 Å². The maximum atomic E-state index is 15.1. The fourth-order valence-electron chi connectivity index (χ4n) is 3.87. The van der Waals surface area contributed by atoms with Crippen molar-refractivity contribution in [2.24, 2.45) is 0 Å². The predicted octanol–water partition coefficient (Wildman–Crippen LogP) is 1.46. The van der Waals surface area contributed by atoms with Crippen molar-refractivity contribution in [3.8, 4) is 5.88 Å². The molecular formula is C22H25FN6O3. The van der Waals surface area contributed by atoms with E-state index in [2.05, 4.69) is 24.8 Å². The lowest BCUT2D eigenvalue weighted by Gasteiger charge is -2.36. The number of halogens is 1. The first-order valence-corrected chi connectivity index (χ1v) is 10.1. The number of hydrogen-bond donors (Lipinski definition) is 2. The van der Waals surface area contributed by atoms with Gasteiger partial charge in [0.25, 0.3) is 11.8 Å². The number of ether oxygens (including phenoxy) is 1. The zero-order valence-electron chi connectivity index (χ0n) is 20.7. The maximum Gasteiger partial charge on any atom is 0.311 e. The Labute approximate surface area is 188 Å². The molecule has 1 aromatic carbocycles. The maximum absolute atomic E-state index is 15.1. The van der Waals surface area contributed by atoms with Gasteiger partial charge in [0.15, 0.2) is 5.82 Å². The van der Waals surface area contributed by atoms with Crippen LogP contribution < -0.4 is 20.5 Å². The molecule has 2 N–H and O–H groups in total. The molecule has 3 aromatic rings. The Hall–Kier alpha value is -3.53. The Morgan fingerprint density at radius 2 is 2.03 bits per heavy atom. The summed E-state index contributed by atoms with van der Waals surface area (Å²) in [5, 5.41) is 1.93. The molecule has 2 aromatic heterocycles. The standard InChI is InChI=1S/C22H25FN6O3/c1-13-17(7-6-16(25-13)20(30)24-2)29-10-8-28(9-11-29)12-14-4-5-15-19(18(14)23)27-21(31)22(26-15)32-3/h4-7H,8-12H2,1-3H3,(H,24,30)(H,27,31)/i2D3. The Bertz CT molecular complexity index is 1320. The normalized spacial score (nSPS) is 16.3. The fraction of sp³-hybridized carbons (Fsp3) is 0.364. The monoisotopic (exact) mass is 443 g/mol. The van der Waals surface area contributed by atoms with Gasteiger partial charge in [-0.2, -0.15) is 0 Å². The van der Waals surface area contributed by atoms with E-state index in [-0.39, 0.29) is 17.1 Å². The van der Waals surface area contributed by atoms with Crippen LogP contribution in [0.3, 0.4) is 0 Å². The molecule has 1 saturated heterocycles. The van der Waals surface area contributed by atoms with Gasteiger partial charge in [-0.15, -0.1) is 0 Å². The van der Waals surface area contributed by atoms with Gasteiger partial charge in [-0.25, -0.2) is 14.4 Å². The molecule has 0 radical (unpaired) electrons. The second kappa shape index (κ2) is 8.91. The molecule has 1 aliphatic rings. The van der Waals surface area contributed by atoms with Crippen molar-refractivity contribution < 1.29 is 18.0 Å². The highest BCUT2D eigenvalue weighted by molar-refractivity contribution is 5.92. The van der Waals surface area contributed by atoms with Crippen LogP contribution in [-0.2, 0) is 6.54 Å². The van der Waals surface area contributed by atoms with Crippen LogP contribution in [0.2, 0.25) is 0 Å². The molecule has 0 bridgehead atoms. The van der Waals surface area contributed by atoms with Crippen molar-refractivity contribution in [1.82, 2.24) is 25.2 Å². The van der Waals surface area contributed by atoms with Gasteiger partial charge in [0.05, 0.1) is 24.0 Å². The van der Waals surface area contributed by atoms with Gasteiger partial charge in [0.2, 0.25) is 0 Å². The van der Waals surface area contributed by atoms with E-state index in [9.17, 15) is 9.59 Å². The van der Waals surface area contributed by atoms with Gasteiger partial charge in [-0.1, -0.05) is 6.07 Å². The second-order valence-corrected chi connectivity index (χ2v) is 7.53. The average Bonchev–Trinajstić information content (AvgIpc) is 2.80. The molecule has 1 amide bonds. The Morgan fingerprint density at radius 1 is 1.25 bits per heavy atom. The molecule has 0 aliphatic carbocycles. The molecule has 168 valence electrons. The molecule has 0 atom stereocenters. The van der Waals surface area contributed by atoms with Crippen LogP contribution in [-0.4, -0.2) is 66.0 Å². The van der Waals surface area contributed by atoms with Crippen LogP contribution in [0.1, 0.15) is 25.9 Å². The number of fused-ring (bicyclic) bond motifs is 1. The summed E-state index contributed by atoms with van der Waals surface area (Å²) in [4.78, 5) is 39.1. The minimum atomic E-state index is -2.58. The van der Waals surface area contributed by atoms with Gasteiger partial charge in [0.1, 0.15) is 11.2 Å². The fourth-order valence-corrected chi connectivity index (χ4v) is 3.87. The lowest BCUT2D eigenvalue weighted by atomic mass is 10.1. The third-order valence-corrected chi connectivity index (χ3v) is 5.56. The number of aromatic nitrogens is 3. The number of nitrogens with zero attached hydrogens (tertiary/aromatic N) is 4. The summed E-state index contributed by atoms with van der Waals surface area (Å²) in [7, 11) is 1.33. The Kier molecular flexibility index (Phi) is 5.04. The Morgan fingerprint density at radius 3 is 2.72 bits per heavy atom. The van der Waals surface area contributed by atoms with Crippen molar-refractivity contribution in [3.63, 3.8) is 0 Å². The number of hydrogen-bond acceptors (Lipinski definition) is 7. The van der Waals surface area contributed by atoms with Crippen molar-refractivity contribution in [3.05, 3.63) is 57.4 Å². The highest BCUT2D eigenvalue weighted by Crippen LogP contribution is 2.23. The highest BCUT2D eigenvalue weighted by Gasteiger charge is 2.21. The van der Waals surface area contributed by atoms with Gasteiger partial charge in [-0.05, 0) is 25.1 Å². The summed E-state index contributed by atoms with van der Waals surface area (Å²) < 4.78 is 41.5. The molecule has 32 heavy (non-hydrogen) atoms. The third-order valence-electron chi connectivity index (χ3n) is 5.56. The van der Waals surface area contributed by atoms with E-state index in [1.54, 1.807) is 25.1 Å². The lowest BCUT2D eigenvalue weighted by molar-refractivity contribution is 0.0958.